The highest BCUT2D eigenvalue weighted by atomic mass is 32.2. The van der Waals surface area contributed by atoms with Crippen LogP contribution in [0.4, 0.5) is 5.69 Å². The maximum Gasteiger partial charge on any atom is 0.243 e. The Balaban J connectivity index is 1.54. The molecule has 0 radical (unpaired) electrons. The number of rotatable bonds is 7. The Morgan fingerprint density at radius 2 is 1.79 bits per heavy atom. The lowest BCUT2D eigenvalue weighted by Gasteiger charge is -2.24. The lowest BCUT2D eigenvalue weighted by atomic mass is 10.1. The van der Waals surface area contributed by atoms with Crippen LogP contribution in [0, 0.1) is 0 Å². The number of anilines is 1. The molecule has 2 aliphatic rings. The van der Waals surface area contributed by atoms with Gasteiger partial charge >= 0.3 is 0 Å². The minimum absolute atomic E-state index is 0.195. The van der Waals surface area contributed by atoms with Crippen molar-refractivity contribution in [2.45, 2.75) is 43.7 Å². The highest BCUT2D eigenvalue weighted by Crippen LogP contribution is 2.35. The van der Waals surface area contributed by atoms with E-state index in [1.54, 1.807) is 44.6 Å². The Morgan fingerprint density at radius 3 is 2.44 bits per heavy atom. The molecule has 4 rings (SSSR count). The van der Waals surface area contributed by atoms with Crippen LogP contribution in [0.25, 0.3) is 0 Å². The SMILES string of the molecule is COc1ccc(CNC(=O)[C@@H]2Cc3cc(S(=O)(=O)N4CCCC4)ccc3N2C(C)=O)c(OC)c1. The maximum atomic E-state index is 13.1. The fourth-order valence-electron chi connectivity index (χ4n) is 4.56. The summed E-state index contributed by atoms with van der Waals surface area (Å²) >= 11 is 0. The second-order valence-corrected chi connectivity index (χ2v) is 10.3. The molecule has 0 aliphatic carbocycles. The summed E-state index contributed by atoms with van der Waals surface area (Å²) in [6.07, 6.45) is 1.94. The number of methoxy groups -OCH3 is 2. The molecule has 9 nitrogen and oxygen atoms in total. The number of hydrogen-bond acceptors (Lipinski definition) is 6. The van der Waals surface area contributed by atoms with E-state index in [0.717, 1.165) is 18.4 Å². The number of nitrogens with zero attached hydrogens (tertiary/aromatic N) is 2. The lowest BCUT2D eigenvalue weighted by molar-refractivity contribution is -0.125. The summed E-state index contributed by atoms with van der Waals surface area (Å²) in [7, 11) is -0.488. The number of ether oxygens (including phenoxy) is 2. The molecule has 1 N–H and O–H groups in total. The first-order valence-corrected chi connectivity index (χ1v) is 12.6. The van der Waals surface area contributed by atoms with Gasteiger partial charge < -0.3 is 14.8 Å². The Hall–Kier alpha value is -3.11. The van der Waals surface area contributed by atoms with Gasteiger partial charge in [-0.1, -0.05) is 0 Å². The van der Waals surface area contributed by atoms with Gasteiger partial charge in [-0.15, -0.1) is 0 Å². The Bertz CT molecular complexity index is 1210. The monoisotopic (exact) mass is 487 g/mol. The average Bonchev–Trinajstić information content (AvgIpc) is 3.50. The second-order valence-electron chi connectivity index (χ2n) is 8.41. The Morgan fingerprint density at radius 1 is 1.06 bits per heavy atom. The van der Waals surface area contributed by atoms with Crippen molar-refractivity contribution in [3.63, 3.8) is 0 Å². The summed E-state index contributed by atoms with van der Waals surface area (Å²) in [5, 5.41) is 2.88. The quantitative estimate of drug-likeness (QED) is 0.641. The topological polar surface area (TPSA) is 105 Å². The third-order valence-electron chi connectivity index (χ3n) is 6.33. The Kier molecular flexibility index (Phi) is 6.81. The largest absolute Gasteiger partial charge is 0.497 e. The van der Waals surface area contributed by atoms with Crippen molar-refractivity contribution in [2.24, 2.45) is 0 Å². The first-order valence-electron chi connectivity index (χ1n) is 11.2. The van der Waals surface area contributed by atoms with E-state index < -0.39 is 16.1 Å². The zero-order valence-corrected chi connectivity index (χ0v) is 20.4. The highest BCUT2D eigenvalue weighted by Gasteiger charge is 2.38. The van der Waals surface area contributed by atoms with E-state index in [9.17, 15) is 18.0 Å². The molecule has 2 aliphatic heterocycles. The molecule has 0 aromatic heterocycles. The summed E-state index contributed by atoms with van der Waals surface area (Å²) in [4.78, 5) is 27.2. The average molecular weight is 488 g/mol. The number of hydrogen-bond donors (Lipinski definition) is 1. The zero-order valence-electron chi connectivity index (χ0n) is 19.5. The molecule has 34 heavy (non-hydrogen) atoms. The van der Waals surface area contributed by atoms with Gasteiger partial charge in [-0.25, -0.2) is 8.42 Å². The smallest absolute Gasteiger partial charge is 0.243 e. The normalized spacial score (nSPS) is 18.0. The van der Waals surface area contributed by atoms with Gasteiger partial charge in [0.05, 0.1) is 19.1 Å². The van der Waals surface area contributed by atoms with E-state index in [2.05, 4.69) is 5.32 Å². The van der Waals surface area contributed by atoms with E-state index in [1.807, 2.05) is 0 Å². The van der Waals surface area contributed by atoms with Crippen molar-refractivity contribution < 1.29 is 27.5 Å². The van der Waals surface area contributed by atoms with Gasteiger partial charge in [0, 0.05) is 50.3 Å². The van der Waals surface area contributed by atoms with Crippen molar-refractivity contribution >= 4 is 27.5 Å². The van der Waals surface area contributed by atoms with E-state index >= 15 is 0 Å². The number of carbonyl (C=O) groups excluding carboxylic acids is 2. The Labute approximate surface area is 199 Å². The summed E-state index contributed by atoms with van der Waals surface area (Å²) in [5.74, 6) is 0.611. The summed E-state index contributed by atoms with van der Waals surface area (Å²) in [6.45, 7) is 2.63. The van der Waals surface area contributed by atoms with Crippen LogP contribution in [0.5, 0.6) is 11.5 Å². The van der Waals surface area contributed by atoms with Crippen molar-refractivity contribution in [3.8, 4) is 11.5 Å². The molecule has 2 aromatic rings. The molecule has 10 heteroatoms. The number of nitrogens with one attached hydrogen (secondary N) is 1. The number of amides is 2. The van der Waals surface area contributed by atoms with Crippen LogP contribution in [0.3, 0.4) is 0 Å². The predicted molar refractivity (Wildman–Crippen MR) is 126 cm³/mol. The van der Waals surface area contributed by atoms with Crippen molar-refractivity contribution in [2.75, 3.05) is 32.2 Å². The van der Waals surface area contributed by atoms with Crippen LogP contribution in [0.2, 0.25) is 0 Å². The van der Waals surface area contributed by atoms with E-state index in [0.29, 0.717) is 35.8 Å². The first-order chi connectivity index (χ1) is 16.3. The maximum absolute atomic E-state index is 13.1. The van der Waals surface area contributed by atoms with Gasteiger partial charge in [-0.05, 0) is 48.7 Å². The second kappa shape index (κ2) is 9.63. The summed E-state index contributed by atoms with van der Waals surface area (Å²) < 4.78 is 38.0. The minimum Gasteiger partial charge on any atom is -0.497 e. The first kappa shape index (κ1) is 24.0. The fraction of sp³-hybridized carbons (Fsp3) is 0.417. The lowest BCUT2D eigenvalue weighted by Crippen LogP contribution is -2.47. The minimum atomic E-state index is -3.59. The van der Waals surface area contributed by atoms with Gasteiger partial charge in [0.15, 0.2) is 0 Å². The molecule has 0 saturated carbocycles. The number of fused-ring (bicyclic) bond motifs is 1. The zero-order chi connectivity index (χ0) is 24.5. The molecular formula is C24H29N3O6S. The highest BCUT2D eigenvalue weighted by molar-refractivity contribution is 7.89. The van der Waals surface area contributed by atoms with E-state index in [1.165, 1.54) is 22.2 Å². The molecule has 1 saturated heterocycles. The molecule has 2 heterocycles. The van der Waals surface area contributed by atoms with Crippen LogP contribution in [0.15, 0.2) is 41.3 Å². The third-order valence-corrected chi connectivity index (χ3v) is 8.22. The summed E-state index contributed by atoms with van der Waals surface area (Å²) in [6, 6.07) is 9.29. The van der Waals surface area contributed by atoms with Crippen molar-refractivity contribution in [3.05, 3.63) is 47.5 Å². The fourth-order valence-corrected chi connectivity index (χ4v) is 6.13. The molecule has 1 atom stereocenters. The van der Waals surface area contributed by atoms with Crippen LogP contribution in [-0.2, 0) is 32.6 Å². The number of carbonyl (C=O) groups is 2. The standard InChI is InChI=1S/C24H29N3O6S/c1-16(28)27-21-9-8-20(34(30,31)26-10-4-5-11-26)12-18(21)13-22(27)24(29)25-15-17-6-7-19(32-2)14-23(17)33-3/h6-9,12,14,22H,4-5,10-11,13,15H2,1-3H3,(H,25,29)/t22-/m0/s1. The van der Waals surface area contributed by atoms with Crippen molar-refractivity contribution in [1.82, 2.24) is 9.62 Å². The van der Waals surface area contributed by atoms with Crippen molar-refractivity contribution in [1.29, 1.82) is 0 Å². The van der Waals surface area contributed by atoms with Crippen LogP contribution >= 0.6 is 0 Å². The summed E-state index contributed by atoms with van der Waals surface area (Å²) in [5.41, 5.74) is 1.99. The van der Waals surface area contributed by atoms with Gasteiger partial charge in [-0.2, -0.15) is 4.31 Å². The number of sulfonamides is 1. The predicted octanol–water partition coefficient (Wildman–Crippen LogP) is 2.08. The van der Waals surface area contributed by atoms with Crippen LogP contribution in [-0.4, -0.2) is 57.9 Å². The van der Waals surface area contributed by atoms with E-state index in [4.69, 9.17) is 9.47 Å². The van der Waals surface area contributed by atoms with Gasteiger partial charge in [0.25, 0.3) is 0 Å². The molecule has 182 valence electrons. The molecule has 0 bridgehead atoms. The number of benzene rings is 2. The van der Waals surface area contributed by atoms with Crippen LogP contribution in [0.1, 0.15) is 30.9 Å². The molecule has 2 aromatic carbocycles. The molecule has 0 unspecified atom stereocenters. The van der Waals surface area contributed by atoms with Gasteiger partial charge in [0.1, 0.15) is 17.5 Å². The molecule has 0 spiro atoms. The van der Waals surface area contributed by atoms with Crippen LogP contribution < -0.4 is 19.7 Å². The van der Waals surface area contributed by atoms with Gasteiger partial charge in [-0.3, -0.25) is 14.5 Å². The molecule has 2 amide bonds. The van der Waals surface area contributed by atoms with E-state index in [-0.39, 0.29) is 29.7 Å². The molecule has 1 fully saturated rings. The molecular weight excluding hydrogens is 458 g/mol. The third kappa shape index (κ3) is 4.47. The van der Waals surface area contributed by atoms with Gasteiger partial charge in [0.2, 0.25) is 21.8 Å².